The zero-order valence-corrected chi connectivity index (χ0v) is 5.60. The Morgan fingerprint density at radius 1 is 1.56 bits per heavy atom. The van der Waals surface area contributed by atoms with Gasteiger partial charge in [0.2, 0.25) is 0 Å². The van der Waals surface area contributed by atoms with Gasteiger partial charge in [-0.3, -0.25) is 0 Å². The van der Waals surface area contributed by atoms with Crippen molar-refractivity contribution in [3.8, 4) is 0 Å². The average molecular weight is 126 g/mol. The van der Waals surface area contributed by atoms with E-state index in [0.717, 1.165) is 0 Å². The summed E-state index contributed by atoms with van der Waals surface area (Å²) in [7, 11) is 0. The monoisotopic (exact) mass is 126 g/mol. The number of hydrogen-bond acceptors (Lipinski definition) is 0. The van der Waals surface area contributed by atoms with Crippen molar-refractivity contribution < 1.29 is 4.39 Å². The van der Waals surface area contributed by atoms with Crippen LogP contribution in [0.2, 0.25) is 0 Å². The molecule has 0 nitrogen and oxygen atoms in total. The summed E-state index contributed by atoms with van der Waals surface area (Å²) in [6.07, 6.45) is 8.27. The van der Waals surface area contributed by atoms with Crippen molar-refractivity contribution in [1.29, 1.82) is 0 Å². The lowest BCUT2D eigenvalue weighted by Gasteiger charge is -2.18. The minimum atomic E-state index is -1.05. The standard InChI is InChI=1S/C8H11F/c1-2-8(9)6-4-3-5-7-8/h3-6H,2,7H2,1H3. The number of rotatable bonds is 1. The van der Waals surface area contributed by atoms with Crippen LogP contribution in [0.1, 0.15) is 19.8 Å². The molecule has 0 bridgehead atoms. The Morgan fingerprint density at radius 2 is 2.33 bits per heavy atom. The second kappa shape index (κ2) is 2.34. The minimum absolute atomic E-state index is 0.542. The molecule has 1 unspecified atom stereocenters. The lowest BCUT2D eigenvalue weighted by molar-refractivity contribution is 0.224. The van der Waals surface area contributed by atoms with Gasteiger partial charge < -0.3 is 0 Å². The van der Waals surface area contributed by atoms with Crippen molar-refractivity contribution in [1.82, 2.24) is 0 Å². The Morgan fingerprint density at radius 3 is 2.67 bits per heavy atom. The fourth-order valence-electron chi connectivity index (χ4n) is 0.901. The molecule has 0 N–H and O–H groups in total. The first kappa shape index (κ1) is 6.53. The van der Waals surface area contributed by atoms with Crippen molar-refractivity contribution >= 4 is 0 Å². The molecule has 1 aliphatic rings. The normalized spacial score (nSPS) is 33.1. The van der Waals surface area contributed by atoms with Gasteiger partial charge in [-0.2, -0.15) is 0 Å². The van der Waals surface area contributed by atoms with Crippen molar-refractivity contribution in [3.63, 3.8) is 0 Å². The Labute approximate surface area is 55.1 Å². The summed E-state index contributed by atoms with van der Waals surface area (Å²) in [5.41, 5.74) is -1.05. The second-order valence-electron chi connectivity index (χ2n) is 2.38. The van der Waals surface area contributed by atoms with Crippen LogP contribution in [0, 0.1) is 0 Å². The zero-order chi connectivity index (χ0) is 6.74. The second-order valence-corrected chi connectivity index (χ2v) is 2.38. The van der Waals surface area contributed by atoms with E-state index in [-0.39, 0.29) is 0 Å². The minimum Gasteiger partial charge on any atom is -0.239 e. The first-order valence-electron chi connectivity index (χ1n) is 3.30. The summed E-state index contributed by atoms with van der Waals surface area (Å²) in [6, 6.07) is 0. The fourth-order valence-corrected chi connectivity index (χ4v) is 0.901. The van der Waals surface area contributed by atoms with Gasteiger partial charge in [-0.25, -0.2) is 4.39 Å². The van der Waals surface area contributed by atoms with Gasteiger partial charge in [-0.05, 0) is 12.5 Å². The molecule has 0 fully saturated rings. The molecule has 0 aromatic heterocycles. The maximum atomic E-state index is 13.2. The van der Waals surface area contributed by atoms with Crippen LogP contribution in [0.25, 0.3) is 0 Å². The Balaban J connectivity index is 2.63. The first-order chi connectivity index (χ1) is 4.27. The lowest BCUT2D eigenvalue weighted by atomic mass is 9.95. The van der Waals surface area contributed by atoms with E-state index in [4.69, 9.17) is 0 Å². The molecule has 50 valence electrons. The fraction of sp³-hybridized carbons (Fsp3) is 0.500. The summed E-state index contributed by atoms with van der Waals surface area (Å²) in [5, 5.41) is 0. The van der Waals surface area contributed by atoms with Crippen LogP contribution >= 0.6 is 0 Å². The maximum Gasteiger partial charge on any atom is 0.132 e. The molecule has 0 aromatic carbocycles. The number of allylic oxidation sites excluding steroid dienone is 4. The molecule has 1 aliphatic carbocycles. The van der Waals surface area contributed by atoms with E-state index in [9.17, 15) is 4.39 Å². The molecular weight excluding hydrogens is 115 g/mol. The van der Waals surface area contributed by atoms with Crippen LogP contribution in [-0.4, -0.2) is 5.67 Å². The highest BCUT2D eigenvalue weighted by Crippen LogP contribution is 2.25. The topological polar surface area (TPSA) is 0 Å². The highest BCUT2D eigenvalue weighted by Gasteiger charge is 2.22. The summed E-state index contributed by atoms with van der Waals surface area (Å²) >= 11 is 0. The Bertz CT molecular complexity index is 147. The highest BCUT2D eigenvalue weighted by molar-refractivity contribution is 5.17. The van der Waals surface area contributed by atoms with Crippen molar-refractivity contribution in [3.05, 3.63) is 24.3 Å². The van der Waals surface area contributed by atoms with Crippen LogP contribution in [0.3, 0.4) is 0 Å². The molecule has 1 heteroatoms. The SMILES string of the molecule is CCC1(F)C=CC=CC1. The van der Waals surface area contributed by atoms with Crippen molar-refractivity contribution in [2.75, 3.05) is 0 Å². The third kappa shape index (κ3) is 1.41. The molecule has 0 saturated carbocycles. The van der Waals surface area contributed by atoms with Gasteiger partial charge in [-0.15, -0.1) is 0 Å². The molecule has 0 amide bonds. The van der Waals surface area contributed by atoms with Crippen LogP contribution in [0.5, 0.6) is 0 Å². The highest BCUT2D eigenvalue weighted by atomic mass is 19.1. The molecular formula is C8H11F. The van der Waals surface area contributed by atoms with E-state index in [0.29, 0.717) is 12.8 Å². The predicted molar refractivity (Wildman–Crippen MR) is 37.0 cm³/mol. The maximum absolute atomic E-state index is 13.2. The van der Waals surface area contributed by atoms with Crippen molar-refractivity contribution in [2.45, 2.75) is 25.4 Å². The van der Waals surface area contributed by atoms with Crippen molar-refractivity contribution in [2.24, 2.45) is 0 Å². The Hall–Kier alpha value is -0.590. The Kier molecular flexibility index (Phi) is 1.70. The first-order valence-corrected chi connectivity index (χ1v) is 3.30. The molecule has 1 atom stereocenters. The van der Waals surface area contributed by atoms with Crippen LogP contribution in [-0.2, 0) is 0 Å². The molecule has 0 spiro atoms. The number of alkyl halides is 1. The van der Waals surface area contributed by atoms with Crippen LogP contribution in [0.15, 0.2) is 24.3 Å². The third-order valence-electron chi connectivity index (χ3n) is 1.69. The van der Waals surface area contributed by atoms with Gasteiger partial charge in [0.1, 0.15) is 5.67 Å². The molecule has 1 rings (SSSR count). The molecule has 0 aromatic rings. The predicted octanol–water partition coefficient (Wildman–Crippen LogP) is 2.62. The molecule has 9 heavy (non-hydrogen) atoms. The molecule has 0 radical (unpaired) electrons. The van der Waals surface area contributed by atoms with Gasteiger partial charge in [0.15, 0.2) is 0 Å². The van der Waals surface area contributed by atoms with E-state index in [1.807, 2.05) is 19.1 Å². The number of halogens is 1. The largest absolute Gasteiger partial charge is 0.239 e. The van der Waals surface area contributed by atoms with E-state index in [2.05, 4.69) is 0 Å². The summed E-state index contributed by atoms with van der Waals surface area (Å²) < 4.78 is 13.2. The zero-order valence-electron chi connectivity index (χ0n) is 5.60. The quantitative estimate of drug-likeness (QED) is 0.506. The van der Waals surface area contributed by atoms with E-state index < -0.39 is 5.67 Å². The third-order valence-corrected chi connectivity index (χ3v) is 1.69. The molecule has 0 heterocycles. The smallest absolute Gasteiger partial charge is 0.132 e. The summed E-state index contributed by atoms with van der Waals surface area (Å²) in [6.45, 7) is 1.86. The van der Waals surface area contributed by atoms with Crippen LogP contribution in [0.4, 0.5) is 4.39 Å². The van der Waals surface area contributed by atoms with Crippen LogP contribution < -0.4 is 0 Å². The summed E-state index contributed by atoms with van der Waals surface area (Å²) in [5.74, 6) is 0. The van der Waals surface area contributed by atoms with Gasteiger partial charge in [0.05, 0.1) is 0 Å². The summed E-state index contributed by atoms with van der Waals surface area (Å²) in [4.78, 5) is 0. The van der Waals surface area contributed by atoms with Gasteiger partial charge >= 0.3 is 0 Å². The van der Waals surface area contributed by atoms with Gasteiger partial charge in [0.25, 0.3) is 0 Å². The number of hydrogen-bond donors (Lipinski definition) is 0. The van der Waals surface area contributed by atoms with E-state index in [1.165, 1.54) is 0 Å². The lowest BCUT2D eigenvalue weighted by Crippen LogP contribution is -2.18. The van der Waals surface area contributed by atoms with E-state index >= 15 is 0 Å². The molecule has 0 saturated heterocycles. The average Bonchev–Trinajstić information content (AvgIpc) is 1.90. The van der Waals surface area contributed by atoms with Gasteiger partial charge in [0, 0.05) is 6.42 Å². The van der Waals surface area contributed by atoms with E-state index in [1.54, 1.807) is 12.2 Å². The molecule has 0 aliphatic heterocycles. The van der Waals surface area contributed by atoms with Gasteiger partial charge in [-0.1, -0.05) is 25.2 Å².